The normalized spacial score (nSPS) is 12.1. The fourth-order valence-electron chi connectivity index (χ4n) is 2.13. The molecule has 5 nitrogen and oxygen atoms in total. The van der Waals surface area contributed by atoms with Crippen LogP contribution in [-0.4, -0.2) is 24.2 Å². The quantitative estimate of drug-likeness (QED) is 0.820. The number of carboxylic acid groups (broad SMARTS) is 1. The van der Waals surface area contributed by atoms with Gasteiger partial charge in [0.2, 0.25) is 0 Å². The monoisotopic (exact) mass is 289 g/mol. The van der Waals surface area contributed by atoms with E-state index in [2.05, 4.69) is 12.2 Å². The topological polar surface area (TPSA) is 71.7 Å². The average Bonchev–Trinajstić information content (AvgIpc) is 2.95. The number of rotatable bonds is 7. The van der Waals surface area contributed by atoms with Crippen molar-refractivity contribution in [3.05, 3.63) is 53.5 Å². The molecule has 1 heterocycles. The lowest BCUT2D eigenvalue weighted by atomic mass is 10.1. The zero-order valence-electron chi connectivity index (χ0n) is 12.1. The fourth-order valence-corrected chi connectivity index (χ4v) is 2.13. The molecule has 2 N–H and O–H groups in total. The molecule has 0 saturated carbocycles. The minimum Gasteiger partial charge on any atom is -0.496 e. The maximum Gasteiger partial charge on any atom is 0.338 e. The SMILES string of the molecule is COc1ccccc1CC(C)NCc1cc(C(=O)O)co1. The summed E-state index contributed by atoms with van der Waals surface area (Å²) < 4.78 is 10.5. The second-order valence-electron chi connectivity index (χ2n) is 4.90. The third-order valence-corrected chi connectivity index (χ3v) is 3.24. The first-order valence-electron chi connectivity index (χ1n) is 6.76. The standard InChI is InChI=1S/C16H19NO4/c1-11(7-12-5-3-4-6-15(12)20-2)17-9-14-8-13(10-21-14)16(18)19/h3-6,8,10-11,17H,7,9H2,1-2H3,(H,18,19). The maximum absolute atomic E-state index is 10.8. The van der Waals surface area contributed by atoms with Gasteiger partial charge in [0.1, 0.15) is 17.8 Å². The number of benzene rings is 1. The first-order valence-corrected chi connectivity index (χ1v) is 6.76. The van der Waals surface area contributed by atoms with E-state index in [0.717, 1.165) is 17.7 Å². The van der Waals surface area contributed by atoms with Gasteiger partial charge in [0.15, 0.2) is 0 Å². The minimum absolute atomic E-state index is 0.171. The number of para-hydroxylation sites is 1. The van der Waals surface area contributed by atoms with Crippen LogP contribution >= 0.6 is 0 Å². The highest BCUT2D eigenvalue weighted by atomic mass is 16.5. The van der Waals surface area contributed by atoms with E-state index in [1.807, 2.05) is 24.3 Å². The van der Waals surface area contributed by atoms with Crippen LogP contribution in [-0.2, 0) is 13.0 Å². The van der Waals surface area contributed by atoms with E-state index in [-0.39, 0.29) is 11.6 Å². The second kappa shape index (κ2) is 6.95. The predicted octanol–water partition coefficient (Wildman–Crippen LogP) is 2.71. The zero-order chi connectivity index (χ0) is 15.2. The maximum atomic E-state index is 10.8. The Hall–Kier alpha value is -2.27. The Kier molecular flexibility index (Phi) is 5.00. The summed E-state index contributed by atoms with van der Waals surface area (Å²) in [6, 6.07) is 9.64. The van der Waals surface area contributed by atoms with Crippen molar-refractivity contribution in [1.29, 1.82) is 0 Å². The first-order chi connectivity index (χ1) is 10.1. The largest absolute Gasteiger partial charge is 0.496 e. The molecule has 0 radical (unpaired) electrons. The van der Waals surface area contributed by atoms with Crippen molar-refractivity contribution in [1.82, 2.24) is 5.32 Å². The highest BCUT2D eigenvalue weighted by molar-refractivity contribution is 5.87. The number of hydrogen-bond donors (Lipinski definition) is 2. The number of methoxy groups -OCH3 is 1. The highest BCUT2D eigenvalue weighted by Crippen LogP contribution is 2.19. The van der Waals surface area contributed by atoms with Crippen molar-refractivity contribution in [2.24, 2.45) is 0 Å². The smallest absolute Gasteiger partial charge is 0.338 e. The molecule has 21 heavy (non-hydrogen) atoms. The number of hydrogen-bond acceptors (Lipinski definition) is 4. The molecular weight excluding hydrogens is 270 g/mol. The molecule has 0 amide bonds. The van der Waals surface area contributed by atoms with Gasteiger partial charge in [-0.05, 0) is 31.0 Å². The van der Waals surface area contributed by atoms with Crippen LogP contribution in [0.25, 0.3) is 0 Å². The number of ether oxygens (including phenoxy) is 1. The van der Waals surface area contributed by atoms with Gasteiger partial charge in [-0.15, -0.1) is 0 Å². The summed E-state index contributed by atoms with van der Waals surface area (Å²) >= 11 is 0. The number of carbonyl (C=O) groups is 1. The molecule has 1 atom stereocenters. The number of nitrogens with one attached hydrogen (secondary N) is 1. The molecule has 0 aliphatic carbocycles. The summed E-state index contributed by atoms with van der Waals surface area (Å²) in [6.45, 7) is 2.55. The molecule has 112 valence electrons. The lowest BCUT2D eigenvalue weighted by molar-refractivity contribution is 0.0696. The third-order valence-electron chi connectivity index (χ3n) is 3.24. The van der Waals surface area contributed by atoms with Crippen molar-refractivity contribution in [2.45, 2.75) is 25.9 Å². The van der Waals surface area contributed by atoms with Crippen LogP contribution in [0.5, 0.6) is 5.75 Å². The van der Waals surface area contributed by atoms with Gasteiger partial charge < -0.3 is 19.6 Å². The molecular formula is C16H19NO4. The molecule has 2 rings (SSSR count). The van der Waals surface area contributed by atoms with Gasteiger partial charge >= 0.3 is 5.97 Å². The Balaban J connectivity index is 1.89. The second-order valence-corrected chi connectivity index (χ2v) is 4.90. The van der Waals surface area contributed by atoms with Crippen molar-refractivity contribution >= 4 is 5.97 Å². The van der Waals surface area contributed by atoms with Gasteiger partial charge in [0.05, 0.1) is 19.2 Å². The van der Waals surface area contributed by atoms with Crippen LogP contribution in [0, 0.1) is 0 Å². The highest BCUT2D eigenvalue weighted by Gasteiger charge is 2.11. The Morgan fingerprint density at radius 2 is 2.19 bits per heavy atom. The molecule has 5 heteroatoms. The van der Waals surface area contributed by atoms with Gasteiger partial charge in [-0.3, -0.25) is 0 Å². The van der Waals surface area contributed by atoms with Crippen LogP contribution in [0.15, 0.2) is 41.0 Å². The molecule has 0 aliphatic heterocycles. The summed E-state index contributed by atoms with van der Waals surface area (Å²) in [4.78, 5) is 10.8. The van der Waals surface area contributed by atoms with Gasteiger partial charge in [-0.2, -0.15) is 0 Å². The molecule has 1 unspecified atom stereocenters. The number of furan rings is 1. The summed E-state index contributed by atoms with van der Waals surface area (Å²) in [5, 5.41) is 12.1. The molecule has 2 aromatic rings. The van der Waals surface area contributed by atoms with Crippen LogP contribution in [0.2, 0.25) is 0 Å². The molecule has 0 bridgehead atoms. The van der Waals surface area contributed by atoms with E-state index in [9.17, 15) is 4.79 Å². The predicted molar refractivity (Wildman–Crippen MR) is 78.7 cm³/mol. The zero-order valence-corrected chi connectivity index (χ0v) is 12.1. The minimum atomic E-state index is -0.980. The molecule has 0 fully saturated rings. The van der Waals surface area contributed by atoms with Crippen molar-refractivity contribution in [3.8, 4) is 5.75 Å². The van der Waals surface area contributed by atoms with Crippen LogP contribution in [0.1, 0.15) is 28.6 Å². The molecule has 0 aliphatic rings. The molecule has 1 aromatic carbocycles. The van der Waals surface area contributed by atoms with Crippen LogP contribution in [0.3, 0.4) is 0 Å². The number of carboxylic acids is 1. The van der Waals surface area contributed by atoms with E-state index in [1.165, 1.54) is 12.3 Å². The van der Waals surface area contributed by atoms with Crippen molar-refractivity contribution in [3.63, 3.8) is 0 Å². The Morgan fingerprint density at radius 3 is 2.86 bits per heavy atom. The van der Waals surface area contributed by atoms with Gasteiger partial charge in [-0.25, -0.2) is 4.79 Å². The Labute approximate surface area is 123 Å². The summed E-state index contributed by atoms with van der Waals surface area (Å²) in [6.07, 6.45) is 2.07. The Bertz CT molecular complexity index is 606. The van der Waals surface area contributed by atoms with Crippen LogP contribution in [0.4, 0.5) is 0 Å². The molecule has 1 aromatic heterocycles. The van der Waals surface area contributed by atoms with E-state index >= 15 is 0 Å². The Morgan fingerprint density at radius 1 is 1.43 bits per heavy atom. The summed E-state index contributed by atoms with van der Waals surface area (Å²) in [5.41, 5.74) is 1.30. The number of aromatic carboxylic acids is 1. The van der Waals surface area contributed by atoms with Crippen molar-refractivity contribution in [2.75, 3.05) is 7.11 Å². The first kappa shape index (κ1) is 15.1. The van der Waals surface area contributed by atoms with Gasteiger partial charge in [0.25, 0.3) is 0 Å². The van der Waals surface area contributed by atoms with E-state index < -0.39 is 5.97 Å². The average molecular weight is 289 g/mol. The van der Waals surface area contributed by atoms with Crippen molar-refractivity contribution < 1.29 is 19.1 Å². The lowest BCUT2D eigenvalue weighted by Gasteiger charge is -2.15. The summed E-state index contributed by atoms with van der Waals surface area (Å²) in [7, 11) is 1.66. The fraction of sp³-hybridized carbons (Fsp3) is 0.312. The van der Waals surface area contributed by atoms with E-state index in [4.69, 9.17) is 14.3 Å². The van der Waals surface area contributed by atoms with E-state index in [1.54, 1.807) is 7.11 Å². The van der Waals surface area contributed by atoms with Gasteiger partial charge in [-0.1, -0.05) is 18.2 Å². The van der Waals surface area contributed by atoms with Gasteiger partial charge in [0, 0.05) is 6.04 Å². The molecule has 0 spiro atoms. The molecule has 0 saturated heterocycles. The van der Waals surface area contributed by atoms with E-state index in [0.29, 0.717) is 12.3 Å². The lowest BCUT2D eigenvalue weighted by Crippen LogP contribution is -2.27. The third kappa shape index (κ3) is 4.10. The van der Waals surface area contributed by atoms with Crippen LogP contribution < -0.4 is 10.1 Å². The summed E-state index contributed by atoms with van der Waals surface area (Å²) in [5.74, 6) is 0.503.